The second-order valence-electron chi connectivity index (χ2n) is 2.98. The van der Waals surface area contributed by atoms with E-state index in [0.29, 0.717) is 0 Å². The van der Waals surface area contributed by atoms with Gasteiger partial charge in [-0.15, -0.1) is 0 Å². The molecule has 0 saturated carbocycles. The third-order valence-electron chi connectivity index (χ3n) is 1.77. The third kappa shape index (κ3) is 1.83. The van der Waals surface area contributed by atoms with Crippen LogP contribution in [0.15, 0.2) is 18.2 Å². The van der Waals surface area contributed by atoms with E-state index in [2.05, 4.69) is 23.3 Å². The van der Waals surface area contributed by atoms with E-state index >= 15 is 0 Å². The first-order valence-electron chi connectivity index (χ1n) is 4.09. The van der Waals surface area contributed by atoms with Crippen LogP contribution in [-0.4, -0.2) is 10.1 Å². The van der Waals surface area contributed by atoms with Gasteiger partial charge in [0.15, 0.2) is 10.2 Å². The van der Waals surface area contributed by atoms with Crippen molar-refractivity contribution in [2.75, 3.05) is 5.32 Å². The number of nitrogens with zero attached hydrogens (tertiary/aromatic N) is 1. The van der Waals surface area contributed by atoms with Gasteiger partial charge in [0.2, 0.25) is 0 Å². The van der Waals surface area contributed by atoms with E-state index in [9.17, 15) is 0 Å². The maximum Gasteiger partial charge on any atom is 0.190 e. The number of fused-ring (bicyclic) bond motifs is 1. The molecule has 0 radical (unpaired) electrons. The molecule has 1 aromatic carbocycles. The maximum atomic E-state index is 5.36. The van der Waals surface area contributed by atoms with Crippen molar-refractivity contribution >= 4 is 44.0 Å². The smallest absolute Gasteiger partial charge is 0.190 e. The minimum absolute atomic E-state index is 0.251. The van der Waals surface area contributed by atoms with Gasteiger partial charge in [0.1, 0.15) is 0 Å². The average molecular weight is 223 g/mol. The number of nitrogens with one attached hydrogen (secondary N) is 1. The Bertz CT molecular complexity index is 490. The Balaban J connectivity index is 2.46. The Labute approximate surface area is 91.0 Å². The molecule has 2 rings (SSSR count). The molecule has 3 N–H and O–H groups in total. The van der Waals surface area contributed by atoms with Crippen molar-refractivity contribution in [1.82, 2.24) is 4.98 Å². The lowest BCUT2D eigenvalue weighted by Gasteiger charge is -1.94. The first-order chi connectivity index (χ1) is 6.65. The molecule has 14 heavy (non-hydrogen) atoms. The number of nitrogens with two attached hydrogens (primary N) is 1. The highest BCUT2D eigenvalue weighted by Crippen LogP contribution is 2.26. The molecule has 0 aliphatic rings. The molecular weight excluding hydrogens is 214 g/mol. The maximum absolute atomic E-state index is 5.36. The monoisotopic (exact) mass is 223 g/mol. The van der Waals surface area contributed by atoms with Crippen LogP contribution in [0.1, 0.15) is 5.56 Å². The lowest BCUT2D eigenvalue weighted by molar-refractivity contribution is 1.45. The van der Waals surface area contributed by atoms with E-state index in [1.807, 2.05) is 12.1 Å². The van der Waals surface area contributed by atoms with Gasteiger partial charge in [-0.1, -0.05) is 17.4 Å². The summed E-state index contributed by atoms with van der Waals surface area (Å²) in [6.07, 6.45) is 0. The minimum Gasteiger partial charge on any atom is -0.376 e. The number of aryl methyl sites for hydroxylation is 1. The lowest BCUT2D eigenvalue weighted by Crippen LogP contribution is -2.18. The molecule has 5 heteroatoms. The summed E-state index contributed by atoms with van der Waals surface area (Å²) in [5.74, 6) is 0. The molecule has 0 fully saturated rings. The highest BCUT2D eigenvalue weighted by atomic mass is 32.1. The Morgan fingerprint density at radius 2 is 2.36 bits per heavy atom. The molecule has 1 aromatic heterocycles. The Morgan fingerprint density at radius 3 is 3.07 bits per heavy atom. The van der Waals surface area contributed by atoms with E-state index in [-0.39, 0.29) is 5.11 Å². The number of aromatic nitrogens is 1. The van der Waals surface area contributed by atoms with Crippen molar-refractivity contribution in [3.63, 3.8) is 0 Å². The van der Waals surface area contributed by atoms with Crippen molar-refractivity contribution < 1.29 is 0 Å². The second-order valence-corrected chi connectivity index (χ2v) is 4.45. The van der Waals surface area contributed by atoms with Crippen molar-refractivity contribution in [2.24, 2.45) is 5.73 Å². The van der Waals surface area contributed by atoms with Crippen LogP contribution in [0.2, 0.25) is 0 Å². The van der Waals surface area contributed by atoms with Gasteiger partial charge in [0, 0.05) is 0 Å². The largest absolute Gasteiger partial charge is 0.376 e. The van der Waals surface area contributed by atoms with Crippen LogP contribution >= 0.6 is 23.6 Å². The molecule has 3 nitrogen and oxygen atoms in total. The molecule has 0 aliphatic heterocycles. The van der Waals surface area contributed by atoms with Crippen molar-refractivity contribution in [2.45, 2.75) is 6.92 Å². The molecule has 1 heterocycles. The van der Waals surface area contributed by atoms with Crippen molar-refractivity contribution in [1.29, 1.82) is 0 Å². The van der Waals surface area contributed by atoms with Gasteiger partial charge in [-0.2, -0.15) is 0 Å². The van der Waals surface area contributed by atoms with Crippen LogP contribution in [0.3, 0.4) is 0 Å². The van der Waals surface area contributed by atoms with E-state index in [4.69, 9.17) is 18.0 Å². The summed E-state index contributed by atoms with van der Waals surface area (Å²) in [5.41, 5.74) is 7.56. The van der Waals surface area contributed by atoms with Crippen molar-refractivity contribution in [3.8, 4) is 0 Å². The van der Waals surface area contributed by atoms with Gasteiger partial charge >= 0.3 is 0 Å². The summed E-state index contributed by atoms with van der Waals surface area (Å²) < 4.78 is 1.14. The molecule has 0 spiro atoms. The predicted molar refractivity (Wildman–Crippen MR) is 64.8 cm³/mol. The van der Waals surface area contributed by atoms with Crippen LogP contribution in [0.25, 0.3) is 10.2 Å². The standard InChI is InChI=1S/C9H9N3S2/c1-5-2-3-6-7(4-5)14-9(11-6)12-8(10)13/h2-4H,1H3,(H3,10,11,12,13). The third-order valence-corrected chi connectivity index (χ3v) is 2.81. The van der Waals surface area contributed by atoms with Crippen LogP contribution in [0, 0.1) is 6.92 Å². The van der Waals surface area contributed by atoms with E-state index in [1.165, 1.54) is 5.56 Å². The predicted octanol–water partition coefficient (Wildman–Crippen LogP) is 2.26. The fraction of sp³-hybridized carbons (Fsp3) is 0.111. The van der Waals surface area contributed by atoms with E-state index < -0.39 is 0 Å². The van der Waals surface area contributed by atoms with Crippen LogP contribution in [0.5, 0.6) is 0 Å². The fourth-order valence-corrected chi connectivity index (χ4v) is 2.33. The molecular formula is C9H9N3S2. The highest BCUT2D eigenvalue weighted by molar-refractivity contribution is 7.80. The molecule has 0 unspecified atom stereocenters. The zero-order valence-electron chi connectivity index (χ0n) is 7.57. The van der Waals surface area contributed by atoms with Gasteiger partial charge in [0.05, 0.1) is 10.2 Å². The SMILES string of the molecule is Cc1ccc2nc(NC(N)=S)sc2c1. The fourth-order valence-electron chi connectivity index (χ4n) is 1.19. The number of thiazole rings is 1. The van der Waals surface area contributed by atoms with Gasteiger partial charge in [0.25, 0.3) is 0 Å². The number of hydrogen-bond donors (Lipinski definition) is 2. The Morgan fingerprint density at radius 1 is 1.57 bits per heavy atom. The number of hydrogen-bond acceptors (Lipinski definition) is 3. The van der Waals surface area contributed by atoms with Crippen LogP contribution < -0.4 is 11.1 Å². The zero-order chi connectivity index (χ0) is 10.1. The van der Waals surface area contributed by atoms with Crippen molar-refractivity contribution in [3.05, 3.63) is 23.8 Å². The quantitative estimate of drug-likeness (QED) is 0.728. The number of rotatable bonds is 1. The summed E-state index contributed by atoms with van der Waals surface area (Å²) in [6, 6.07) is 6.12. The first-order valence-corrected chi connectivity index (χ1v) is 5.31. The van der Waals surface area contributed by atoms with Gasteiger partial charge in [-0.3, -0.25) is 0 Å². The average Bonchev–Trinajstić information content (AvgIpc) is 2.44. The summed E-state index contributed by atoms with van der Waals surface area (Å²) in [7, 11) is 0. The molecule has 2 aromatic rings. The Kier molecular flexibility index (Phi) is 2.35. The molecule has 0 atom stereocenters. The number of benzene rings is 1. The molecule has 72 valence electrons. The summed E-state index contributed by atoms with van der Waals surface area (Å²) >= 11 is 6.29. The summed E-state index contributed by atoms with van der Waals surface area (Å²) in [4.78, 5) is 4.33. The van der Waals surface area contributed by atoms with Crippen LogP contribution in [0.4, 0.5) is 5.13 Å². The highest BCUT2D eigenvalue weighted by Gasteiger charge is 2.03. The van der Waals surface area contributed by atoms with Gasteiger partial charge in [-0.25, -0.2) is 4.98 Å². The summed E-state index contributed by atoms with van der Waals surface area (Å²) in [5, 5.41) is 3.83. The van der Waals surface area contributed by atoms with Gasteiger partial charge < -0.3 is 11.1 Å². The number of anilines is 1. The summed E-state index contributed by atoms with van der Waals surface area (Å²) in [6.45, 7) is 2.06. The topological polar surface area (TPSA) is 50.9 Å². The normalized spacial score (nSPS) is 10.4. The molecule has 0 bridgehead atoms. The number of thiocarbonyl (C=S) groups is 1. The van der Waals surface area contributed by atoms with Crippen LogP contribution in [-0.2, 0) is 0 Å². The minimum atomic E-state index is 0.251. The van der Waals surface area contributed by atoms with E-state index in [1.54, 1.807) is 11.3 Å². The lowest BCUT2D eigenvalue weighted by atomic mass is 10.2. The zero-order valence-corrected chi connectivity index (χ0v) is 9.21. The molecule has 0 saturated heterocycles. The molecule has 0 amide bonds. The Hall–Kier alpha value is -1.20. The first kappa shape index (κ1) is 9.36. The van der Waals surface area contributed by atoms with Gasteiger partial charge in [-0.05, 0) is 36.8 Å². The second kappa shape index (κ2) is 3.51. The molecule has 0 aliphatic carbocycles. The van der Waals surface area contributed by atoms with E-state index in [0.717, 1.165) is 15.3 Å².